The zero-order chi connectivity index (χ0) is 21.1. The van der Waals surface area contributed by atoms with E-state index in [0.29, 0.717) is 33.1 Å². The normalized spacial score (nSPS) is 10.9. The zero-order valence-corrected chi connectivity index (χ0v) is 17.3. The SMILES string of the molecule is CC(=O)N(c1nc(CSc2n[nH]c(-c3ccccc3F)n2)cs1)c1ccccc1F. The molecule has 0 fully saturated rings. The fourth-order valence-corrected chi connectivity index (χ4v) is 4.41. The second kappa shape index (κ2) is 8.72. The number of anilines is 2. The molecule has 0 saturated carbocycles. The van der Waals surface area contributed by atoms with Gasteiger partial charge in [0.2, 0.25) is 11.1 Å². The van der Waals surface area contributed by atoms with Gasteiger partial charge in [-0.1, -0.05) is 36.0 Å². The lowest BCUT2D eigenvalue weighted by molar-refractivity contribution is -0.115. The topological polar surface area (TPSA) is 74.8 Å². The lowest BCUT2D eigenvalue weighted by Crippen LogP contribution is -2.23. The van der Waals surface area contributed by atoms with Crippen LogP contribution < -0.4 is 4.90 Å². The number of carbonyl (C=O) groups is 1. The molecule has 0 radical (unpaired) electrons. The summed E-state index contributed by atoms with van der Waals surface area (Å²) in [5.41, 5.74) is 1.19. The van der Waals surface area contributed by atoms with Crippen LogP contribution in [0.25, 0.3) is 11.4 Å². The summed E-state index contributed by atoms with van der Waals surface area (Å²) in [6.07, 6.45) is 0. The smallest absolute Gasteiger partial charge is 0.230 e. The van der Waals surface area contributed by atoms with Gasteiger partial charge in [0, 0.05) is 18.1 Å². The minimum absolute atomic E-state index is 0.155. The summed E-state index contributed by atoms with van der Waals surface area (Å²) in [5.74, 6) is -0.435. The predicted molar refractivity (Wildman–Crippen MR) is 113 cm³/mol. The van der Waals surface area contributed by atoms with Gasteiger partial charge < -0.3 is 0 Å². The average Bonchev–Trinajstić information content (AvgIpc) is 3.38. The van der Waals surface area contributed by atoms with Crippen molar-refractivity contribution in [2.75, 3.05) is 4.90 Å². The summed E-state index contributed by atoms with van der Waals surface area (Å²) in [6.45, 7) is 1.36. The quantitative estimate of drug-likeness (QED) is 0.416. The molecule has 0 spiro atoms. The maximum Gasteiger partial charge on any atom is 0.230 e. The molecule has 1 amide bonds. The first-order valence-corrected chi connectivity index (χ1v) is 10.7. The zero-order valence-electron chi connectivity index (χ0n) is 15.7. The number of nitrogens with one attached hydrogen (secondary N) is 1. The van der Waals surface area contributed by atoms with E-state index in [1.807, 2.05) is 0 Å². The summed E-state index contributed by atoms with van der Waals surface area (Å²) in [6, 6.07) is 12.4. The van der Waals surface area contributed by atoms with Crippen molar-refractivity contribution >= 4 is 39.8 Å². The van der Waals surface area contributed by atoms with Gasteiger partial charge in [0.15, 0.2) is 11.0 Å². The van der Waals surface area contributed by atoms with Crippen molar-refractivity contribution in [1.82, 2.24) is 20.2 Å². The van der Waals surface area contributed by atoms with Crippen molar-refractivity contribution in [2.24, 2.45) is 0 Å². The van der Waals surface area contributed by atoms with Crippen LogP contribution in [0.4, 0.5) is 19.6 Å². The van der Waals surface area contributed by atoms with E-state index in [2.05, 4.69) is 20.2 Å². The third-order valence-corrected chi connectivity index (χ3v) is 5.84. The monoisotopic (exact) mass is 443 g/mol. The molecule has 0 atom stereocenters. The van der Waals surface area contributed by atoms with Crippen LogP contribution >= 0.6 is 23.1 Å². The van der Waals surface area contributed by atoms with Crippen molar-refractivity contribution in [3.63, 3.8) is 0 Å². The fourth-order valence-electron chi connectivity index (χ4n) is 2.73. The lowest BCUT2D eigenvalue weighted by Gasteiger charge is -2.18. The maximum absolute atomic E-state index is 14.2. The molecule has 0 aliphatic carbocycles. The van der Waals surface area contributed by atoms with E-state index >= 15 is 0 Å². The van der Waals surface area contributed by atoms with Gasteiger partial charge in [-0.3, -0.25) is 14.8 Å². The van der Waals surface area contributed by atoms with E-state index in [4.69, 9.17) is 0 Å². The molecule has 4 rings (SSSR count). The minimum Gasteiger partial charge on any atom is -0.274 e. The molecular weight excluding hydrogens is 428 g/mol. The van der Waals surface area contributed by atoms with Crippen LogP contribution in [-0.2, 0) is 10.5 Å². The number of carbonyl (C=O) groups excluding carboxylic acids is 1. The molecule has 0 aliphatic heterocycles. The molecule has 0 bridgehead atoms. The Morgan fingerprint density at radius 2 is 1.83 bits per heavy atom. The van der Waals surface area contributed by atoms with E-state index in [0.717, 1.165) is 0 Å². The number of thioether (sulfide) groups is 1. The van der Waals surface area contributed by atoms with Crippen LogP contribution in [0.1, 0.15) is 12.6 Å². The van der Waals surface area contributed by atoms with E-state index in [9.17, 15) is 13.6 Å². The number of amides is 1. The first-order chi connectivity index (χ1) is 14.5. The number of aromatic nitrogens is 4. The Morgan fingerprint density at radius 1 is 1.10 bits per heavy atom. The molecule has 0 saturated heterocycles. The van der Waals surface area contributed by atoms with Gasteiger partial charge >= 0.3 is 0 Å². The minimum atomic E-state index is -0.500. The molecule has 0 aliphatic rings. The van der Waals surface area contributed by atoms with Crippen LogP contribution in [0.3, 0.4) is 0 Å². The Morgan fingerprint density at radius 3 is 2.57 bits per heavy atom. The van der Waals surface area contributed by atoms with Crippen molar-refractivity contribution in [2.45, 2.75) is 17.8 Å². The van der Waals surface area contributed by atoms with Gasteiger partial charge in [-0.05, 0) is 24.3 Å². The number of thiazole rings is 1. The van der Waals surface area contributed by atoms with E-state index in [-0.39, 0.29) is 17.4 Å². The Kier molecular flexibility index (Phi) is 5.86. The van der Waals surface area contributed by atoms with Crippen LogP contribution in [-0.4, -0.2) is 26.1 Å². The van der Waals surface area contributed by atoms with Crippen molar-refractivity contribution in [1.29, 1.82) is 0 Å². The maximum atomic E-state index is 14.2. The number of halogens is 2. The highest BCUT2D eigenvalue weighted by atomic mass is 32.2. The molecule has 1 N–H and O–H groups in total. The molecular formula is C20H15F2N5OS2. The molecule has 152 valence electrons. The summed E-state index contributed by atoms with van der Waals surface area (Å²) >= 11 is 2.56. The summed E-state index contributed by atoms with van der Waals surface area (Å²) in [5, 5.41) is 9.45. The van der Waals surface area contributed by atoms with Gasteiger partial charge in [0.1, 0.15) is 11.6 Å². The van der Waals surface area contributed by atoms with Crippen LogP contribution in [0.2, 0.25) is 0 Å². The first-order valence-electron chi connectivity index (χ1n) is 8.82. The Balaban J connectivity index is 1.48. The molecule has 2 heterocycles. The van der Waals surface area contributed by atoms with Gasteiger partial charge in [0.25, 0.3) is 0 Å². The van der Waals surface area contributed by atoms with Crippen LogP contribution in [0.5, 0.6) is 0 Å². The summed E-state index contributed by atoms with van der Waals surface area (Å²) < 4.78 is 28.1. The number of aromatic amines is 1. The van der Waals surface area contributed by atoms with E-state index in [1.165, 1.54) is 53.1 Å². The Hall–Kier alpha value is -3.11. The largest absolute Gasteiger partial charge is 0.274 e. The lowest BCUT2D eigenvalue weighted by atomic mass is 10.2. The Labute approximate surface area is 179 Å². The second-order valence-corrected chi connectivity index (χ2v) is 7.94. The van der Waals surface area contributed by atoms with Gasteiger partial charge in [0.05, 0.1) is 16.9 Å². The fraction of sp³-hybridized carbons (Fsp3) is 0.100. The van der Waals surface area contributed by atoms with Crippen molar-refractivity contribution < 1.29 is 13.6 Å². The first kappa shape index (κ1) is 20.2. The highest BCUT2D eigenvalue weighted by molar-refractivity contribution is 7.98. The molecule has 2 aromatic carbocycles. The van der Waals surface area contributed by atoms with Crippen LogP contribution in [0, 0.1) is 11.6 Å². The molecule has 2 aromatic heterocycles. The molecule has 4 aromatic rings. The van der Waals surface area contributed by atoms with E-state index in [1.54, 1.807) is 35.7 Å². The molecule has 0 unspecified atom stereocenters. The van der Waals surface area contributed by atoms with Gasteiger partial charge in [-0.25, -0.2) is 18.7 Å². The molecule has 10 heteroatoms. The highest BCUT2D eigenvalue weighted by Crippen LogP contribution is 2.32. The average molecular weight is 444 g/mol. The van der Waals surface area contributed by atoms with Crippen LogP contribution in [0.15, 0.2) is 59.1 Å². The number of hydrogen-bond donors (Lipinski definition) is 1. The predicted octanol–water partition coefficient (Wildman–Crippen LogP) is 5.18. The Bertz CT molecular complexity index is 1190. The summed E-state index contributed by atoms with van der Waals surface area (Å²) in [7, 11) is 0. The standard InChI is InChI=1S/C20H15F2N5OS2/c1-12(28)27(17-9-5-4-8-16(17)22)20-23-13(11-30-20)10-29-19-24-18(25-26-19)14-6-2-3-7-15(14)21/h2-9,11H,10H2,1H3,(H,24,25,26). The second-order valence-electron chi connectivity index (χ2n) is 6.16. The van der Waals surface area contributed by atoms with Crippen molar-refractivity contribution in [3.05, 3.63) is 71.2 Å². The number of hydrogen-bond acceptors (Lipinski definition) is 6. The number of rotatable bonds is 6. The van der Waals surface area contributed by atoms with Gasteiger partial charge in [-0.2, -0.15) is 0 Å². The molecule has 6 nitrogen and oxygen atoms in total. The van der Waals surface area contributed by atoms with Crippen molar-refractivity contribution in [3.8, 4) is 11.4 Å². The van der Waals surface area contributed by atoms with E-state index < -0.39 is 5.82 Å². The van der Waals surface area contributed by atoms with Gasteiger partial charge in [-0.15, -0.1) is 16.4 Å². The third-order valence-electron chi connectivity index (χ3n) is 4.08. The number of nitrogens with zero attached hydrogens (tertiary/aromatic N) is 4. The molecule has 30 heavy (non-hydrogen) atoms. The number of benzene rings is 2. The highest BCUT2D eigenvalue weighted by Gasteiger charge is 2.21. The third kappa shape index (κ3) is 4.24. The number of para-hydroxylation sites is 1. The number of H-pyrrole nitrogens is 1. The summed E-state index contributed by atoms with van der Waals surface area (Å²) in [4.78, 5) is 22.1.